The quantitative estimate of drug-likeness (QED) is 0.907. The zero-order valence-corrected chi connectivity index (χ0v) is 11.0. The zero-order valence-electron chi connectivity index (χ0n) is 10.2. The van der Waals surface area contributed by atoms with E-state index in [1.807, 2.05) is 0 Å². The van der Waals surface area contributed by atoms with E-state index < -0.39 is 26.6 Å². The standard InChI is InChI=1S/C11H11F2N3O2S/c1-6-11(7(2)15-14-6)16-19(17,18)10-4-8(12)3-9(13)5-10/h3-5,16H,1-2H3,(H,14,15). The first-order valence-electron chi connectivity index (χ1n) is 5.30. The summed E-state index contributed by atoms with van der Waals surface area (Å²) in [4.78, 5) is -0.481. The number of hydrogen-bond donors (Lipinski definition) is 2. The monoisotopic (exact) mass is 287 g/mol. The lowest BCUT2D eigenvalue weighted by Crippen LogP contribution is -2.14. The van der Waals surface area contributed by atoms with Gasteiger partial charge in [-0.3, -0.25) is 9.82 Å². The molecule has 0 aliphatic carbocycles. The van der Waals surface area contributed by atoms with Crippen LogP contribution in [0.5, 0.6) is 0 Å². The van der Waals surface area contributed by atoms with Crippen LogP contribution in [0, 0.1) is 25.5 Å². The summed E-state index contributed by atoms with van der Waals surface area (Å²) in [7, 11) is -4.06. The molecule has 0 amide bonds. The molecule has 2 rings (SSSR count). The number of aryl methyl sites for hydroxylation is 2. The minimum Gasteiger partial charge on any atom is -0.280 e. The summed E-state index contributed by atoms with van der Waals surface area (Å²) in [5, 5.41) is 6.44. The number of hydrogen-bond acceptors (Lipinski definition) is 3. The Morgan fingerprint density at radius 2 is 1.74 bits per heavy atom. The fraction of sp³-hybridized carbons (Fsp3) is 0.182. The molecular formula is C11H11F2N3O2S. The van der Waals surface area contributed by atoms with Crippen LogP contribution in [-0.2, 0) is 10.0 Å². The van der Waals surface area contributed by atoms with Crippen molar-refractivity contribution < 1.29 is 17.2 Å². The Bertz CT molecular complexity index is 686. The molecule has 0 radical (unpaired) electrons. The molecule has 2 N–H and O–H groups in total. The number of aromatic nitrogens is 2. The molecule has 0 saturated heterocycles. The van der Waals surface area contributed by atoms with Crippen LogP contribution >= 0.6 is 0 Å². The van der Waals surface area contributed by atoms with E-state index in [1.54, 1.807) is 13.8 Å². The van der Waals surface area contributed by atoms with E-state index in [0.29, 0.717) is 17.5 Å². The molecule has 0 atom stereocenters. The predicted octanol–water partition coefficient (Wildman–Crippen LogP) is 2.11. The lowest BCUT2D eigenvalue weighted by atomic mass is 10.3. The van der Waals surface area contributed by atoms with Crippen LogP contribution < -0.4 is 4.72 Å². The Labute approximate surface area is 108 Å². The van der Waals surface area contributed by atoms with Crippen LogP contribution in [0.3, 0.4) is 0 Å². The van der Waals surface area contributed by atoms with Gasteiger partial charge in [0.2, 0.25) is 0 Å². The average molecular weight is 287 g/mol. The van der Waals surface area contributed by atoms with E-state index in [1.165, 1.54) is 0 Å². The number of aromatic amines is 1. The molecule has 0 unspecified atom stereocenters. The van der Waals surface area contributed by atoms with Crippen molar-refractivity contribution in [2.24, 2.45) is 0 Å². The predicted molar refractivity (Wildman–Crippen MR) is 65.2 cm³/mol. The molecule has 1 aromatic heterocycles. The molecule has 0 aliphatic heterocycles. The van der Waals surface area contributed by atoms with Crippen LogP contribution in [0.4, 0.5) is 14.5 Å². The van der Waals surface area contributed by atoms with Gasteiger partial charge < -0.3 is 0 Å². The van der Waals surface area contributed by atoms with Crippen molar-refractivity contribution in [3.8, 4) is 0 Å². The van der Waals surface area contributed by atoms with E-state index in [2.05, 4.69) is 14.9 Å². The second-order valence-electron chi connectivity index (χ2n) is 4.02. The number of nitrogens with zero attached hydrogens (tertiary/aromatic N) is 1. The summed E-state index contributed by atoms with van der Waals surface area (Å²) in [6, 6.07) is 2.10. The lowest BCUT2D eigenvalue weighted by molar-refractivity contribution is 0.568. The van der Waals surface area contributed by atoms with Crippen molar-refractivity contribution in [2.75, 3.05) is 4.72 Å². The molecule has 1 heterocycles. The molecule has 8 heteroatoms. The molecular weight excluding hydrogens is 276 g/mol. The van der Waals surface area contributed by atoms with Crippen molar-refractivity contribution in [2.45, 2.75) is 18.7 Å². The molecule has 0 bridgehead atoms. The summed E-state index contributed by atoms with van der Waals surface area (Å²) in [5.74, 6) is -1.91. The first-order valence-corrected chi connectivity index (χ1v) is 6.78. The van der Waals surface area contributed by atoms with Crippen molar-refractivity contribution in [1.29, 1.82) is 0 Å². The molecule has 102 valence electrons. The third-order valence-electron chi connectivity index (χ3n) is 2.51. The largest absolute Gasteiger partial charge is 0.280 e. The first kappa shape index (κ1) is 13.5. The van der Waals surface area contributed by atoms with Gasteiger partial charge in [-0.05, 0) is 26.0 Å². The van der Waals surface area contributed by atoms with Gasteiger partial charge >= 0.3 is 0 Å². The number of halogens is 2. The smallest absolute Gasteiger partial charge is 0.262 e. The summed E-state index contributed by atoms with van der Waals surface area (Å²) in [5.41, 5.74) is 1.22. The second-order valence-corrected chi connectivity index (χ2v) is 5.70. The van der Waals surface area contributed by atoms with Gasteiger partial charge in [0.1, 0.15) is 11.6 Å². The third-order valence-corrected chi connectivity index (χ3v) is 3.84. The van der Waals surface area contributed by atoms with Gasteiger partial charge in [0.05, 0.1) is 22.0 Å². The highest BCUT2D eigenvalue weighted by atomic mass is 32.2. The Balaban J connectivity index is 2.43. The molecule has 0 aliphatic rings. The highest BCUT2D eigenvalue weighted by molar-refractivity contribution is 7.92. The summed E-state index contributed by atoms with van der Waals surface area (Å²) in [6.07, 6.45) is 0. The molecule has 0 fully saturated rings. The van der Waals surface area contributed by atoms with E-state index >= 15 is 0 Å². The number of nitrogens with one attached hydrogen (secondary N) is 2. The summed E-state index contributed by atoms with van der Waals surface area (Å²) < 4.78 is 52.4. The molecule has 2 aromatic rings. The highest BCUT2D eigenvalue weighted by Crippen LogP contribution is 2.22. The van der Waals surface area contributed by atoms with Crippen LogP contribution in [0.25, 0.3) is 0 Å². The van der Waals surface area contributed by atoms with E-state index in [9.17, 15) is 17.2 Å². The summed E-state index contributed by atoms with van der Waals surface area (Å²) >= 11 is 0. The van der Waals surface area contributed by atoms with Gasteiger partial charge in [0.25, 0.3) is 10.0 Å². The Morgan fingerprint density at radius 3 is 2.21 bits per heavy atom. The Morgan fingerprint density at radius 1 is 1.16 bits per heavy atom. The van der Waals surface area contributed by atoms with Crippen LogP contribution in [0.2, 0.25) is 0 Å². The lowest BCUT2D eigenvalue weighted by Gasteiger charge is -2.08. The maximum atomic E-state index is 13.0. The maximum absolute atomic E-state index is 13.0. The van der Waals surface area contributed by atoms with Crippen molar-refractivity contribution >= 4 is 15.7 Å². The topological polar surface area (TPSA) is 74.8 Å². The fourth-order valence-corrected chi connectivity index (χ4v) is 2.80. The zero-order chi connectivity index (χ0) is 14.2. The van der Waals surface area contributed by atoms with Crippen LogP contribution in [0.15, 0.2) is 23.1 Å². The van der Waals surface area contributed by atoms with E-state index in [4.69, 9.17) is 0 Å². The Kier molecular flexibility index (Phi) is 3.27. The Hall–Kier alpha value is -1.96. The minimum atomic E-state index is -4.06. The second kappa shape index (κ2) is 4.61. The molecule has 0 saturated carbocycles. The molecule has 1 aromatic carbocycles. The van der Waals surface area contributed by atoms with Crippen LogP contribution in [-0.4, -0.2) is 18.6 Å². The maximum Gasteiger partial charge on any atom is 0.262 e. The van der Waals surface area contributed by atoms with Crippen molar-refractivity contribution in [1.82, 2.24) is 10.2 Å². The van der Waals surface area contributed by atoms with Gasteiger partial charge in [-0.25, -0.2) is 17.2 Å². The summed E-state index contributed by atoms with van der Waals surface area (Å²) in [6.45, 7) is 3.23. The highest BCUT2D eigenvalue weighted by Gasteiger charge is 2.19. The average Bonchev–Trinajstić information content (AvgIpc) is 2.59. The molecule has 19 heavy (non-hydrogen) atoms. The van der Waals surface area contributed by atoms with Gasteiger partial charge in [-0.15, -0.1) is 0 Å². The normalized spacial score (nSPS) is 11.6. The first-order chi connectivity index (χ1) is 8.79. The number of sulfonamides is 1. The van der Waals surface area contributed by atoms with Crippen molar-refractivity contribution in [3.63, 3.8) is 0 Å². The fourth-order valence-electron chi connectivity index (χ4n) is 1.58. The minimum absolute atomic E-state index is 0.268. The van der Waals surface area contributed by atoms with Gasteiger partial charge in [-0.1, -0.05) is 0 Å². The molecule has 5 nitrogen and oxygen atoms in total. The molecule has 0 spiro atoms. The number of rotatable bonds is 3. The van der Waals surface area contributed by atoms with Gasteiger partial charge in [-0.2, -0.15) is 5.10 Å². The van der Waals surface area contributed by atoms with E-state index in [0.717, 1.165) is 12.1 Å². The van der Waals surface area contributed by atoms with Crippen LogP contribution in [0.1, 0.15) is 11.4 Å². The van der Waals surface area contributed by atoms with E-state index in [-0.39, 0.29) is 5.69 Å². The third kappa shape index (κ3) is 2.73. The van der Waals surface area contributed by atoms with Crippen molar-refractivity contribution in [3.05, 3.63) is 41.2 Å². The number of benzene rings is 1. The number of H-pyrrole nitrogens is 1. The van der Waals surface area contributed by atoms with Gasteiger partial charge in [0.15, 0.2) is 0 Å². The number of anilines is 1. The SMILES string of the molecule is Cc1n[nH]c(C)c1NS(=O)(=O)c1cc(F)cc(F)c1. The van der Waals surface area contributed by atoms with Gasteiger partial charge in [0, 0.05) is 6.07 Å².